The summed E-state index contributed by atoms with van der Waals surface area (Å²) >= 11 is 0. The Morgan fingerprint density at radius 1 is 1.00 bits per heavy atom. The van der Waals surface area contributed by atoms with Crippen molar-refractivity contribution in [2.45, 2.75) is 32.9 Å². The van der Waals surface area contributed by atoms with E-state index in [1.54, 1.807) is 4.31 Å². The molecule has 0 saturated carbocycles. The lowest BCUT2D eigenvalue weighted by atomic mass is 10.1. The summed E-state index contributed by atoms with van der Waals surface area (Å²) in [4.78, 5) is 0. The third-order valence-electron chi connectivity index (χ3n) is 2.78. The number of nitrogens with one attached hydrogen (secondary N) is 1. The van der Waals surface area contributed by atoms with Gasteiger partial charge in [0.2, 0.25) is 0 Å². The van der Waals surface area contributed by atoms with Crippen molar-refractivity contribution >= 4 is 10.2 Å². The molecule has 16 heavy (non-hydrogen) atoms. The standard InChI is InChI=1S/C14H25NS/c1-14(2,3)15(16(4,5)6)12-13-10-8-7-9-11-13/h7-11H,12H2,1-6H3/p+1. The first kappa shape index (κ1) is 13.6. The number of hydrogen-bond donors (Lipinski definition) is 1. The average molecular weight is 240 g/mol. The van der Waals surface area contributed by atoms with Crippen molar-refractivity contribution in [1.82, 2.24) is 0 Å². The summed E-state index contributed by atoms with van der Waals surface area (Å²) < 4.78 is 1.70. The first-order valence-electron chi connectivity index (χ1n) is 5.80. The first-order chi connectivity index (χ1) is 7.21. The molecule has 0 heterocycles. The third kappa shape index (κ3) is 3.84. The molecule has 1 nitrogen and oxygen atoms in total. The Balaban J connectivity index is 2.89. The monoisotopic (exact) mass is 240 g/mol. The minimum atomic E-state index is -0.604. The van der Waals surface area contributed by atoms with Crippen molar-refractivity contribution in [1.29, 1.82) is 0 Å². The van der Waals surface area contributed by atoms with E-state index in [0.29, 0.717) is 5.54 Å². The molecule has 0 fully saturated rings. The van der Waals surface area contributed by atoms with Crippen LogP contribution in [-0.2, 0) is 6.54 Å². The highest BCUT2D eigenvalue weighted by atomic mass is 32.3. The number of quaternary nitrogens is 1. The Morgan fingerprint density at radius 2 is 1.50 bits per heavy atom. The zero-order chi connectivity index (χ0) is 12.4. The maximum absolute atomic E-state index is 2.40. The van der Waals surface area contributed by atoms with Crippen molar-refractivity contribution in [3.05, 3.63) is 35.9 Å². The molecule has 92 valence electrons. The van der Waals surface area contributed by atoms with Gasteiger partial charge >= 0.3 is 0 Å². The predicted molar refractivity (Wildman–Crippen MR) is 76.2 cm³/mol. The number of hydrogen-bond acceptors (Lipinski definition) is 0. The fourth-order valence-corrected chi connectivity index (χ4v) is 4.62. The van der Waals surface area contributed by atoms with E-state index in [0.717, 1.165) is 6.54 Å². The van der Waals surface area contributed by atoms with Gasteiger partial charge in [0.25, 0.3) is 0 Å². The number of benzene rings is 1. The van der Waals surface area contributed by atoms with Gasteiger partial charge in [0.15, 0.2) is 0 Å². The molecule has 0 bridgehead atoms. The lowest BCUT2D eigenvalue weighted by Crippen LogP contribution is -3.16. The maximum atomic E-state index is 2.40. The van der Waals surface area contributed by atoms with Gasteiger partial charge in [-0.3, -0.25) is 4.31 Å². The van der Waals surface area contributed by atoms with Crippen LogP contribution in [0.3, 0.4) is 0 Å². The zero-order valence-corrected chi connectivity index (χ0v) is 12.3. The minimum absolute atomic E-state index is 0.309. The molecule has 1 unspecified atom stereocenters. The topological polar surface area (TPSA) is 4.44 Å². The fourth-order valence-electron chi connectivity index (χ4n) is 2.18. The molecule has 1 aromatic carbocycles. The van der Waals surface area contributed by atoms with Crippen molar-refractivity contribution in [3.63, 3.8) is 0 Å². The quantitative estimate of drug-likeness (QED) is 0.828. The summed E-state index contributed by atoms with van der Waals surface area (Å²) in [5, 5.41) is 0. The van der Waals surface area contributed by atoms with Gasteiger partial charge in [0, 0.05) is 24.3 Å². The second-order valence-corrected chi connectivity index (χ2v) is 10.3. The fraction of sp³-hybridized carbons (Fsp3) is 0.571. The molecule has 2 heteroatoms. The molecular weight excluding hydrogens is 214 g/mol. The molecule has 0 saturated heterocycles. The SMILES string of the molecule is CC(C)(C)[NH+](Cc1ccccc1)S(C)(C)C. The van der Waals surface area contributed by atoms with E-state index in [4.69, 9.17) is 0 Å². The molecule has 0 spiro atoms. The van der Waals surface area contributed by atoms with Gasteiger partial charge in [-0.05, 0) is 20.8 Å². The number of rotatable bonds is 3. The highest BCUT2D eigenvalue weighted by molar-refractivity contribution is 8.26. The van der Waals surface area contributed by atoms with Crippen LogP contribution in [0.2, 0.25) is 0 Å². The zero-order valence-electron chi connectivity index (χ0n) is 11.5. The van der Waals surface area contributed by atoms with Crippen molar-refractivity contribution in [2.75, 3.05) is 18.8 Å². The van der Waals surface area contributed by atoms with Crippen LogP contribution in [0.5, 0.6) is 0 Å². The van der Waals surface area contributed by atoms with Crippen LogP contribution < -0.4 is 4.31 Å². The highest BCUT2D eigenvalue weighted by Gasteiger charge is 2.32. The summed E-state index contributed by atoms with van der Waals surface area (Å²) in [6.07, 6.45) is 7.20. The summed E-state index contributed by atoms with van der Waals surface area (Å²) in [5.41, 5.74) is 1.75. The van der Waals surface area contributed by atoms with Gasteiger partial charge in [-0.15, -0.1) is 10.2 Å². The molecule has 1 rings (SSSR count). The van der Waals surface area contributed by atoms with E-state index >= 15 is 0 Å². The second-order valence-electron chi connectivity index (χ2n) is 6.17. The summed E-state index contributed by atoms with van der Waals surface area (Å²) in [7, 11) is -0.604. The van der Waals surface area contributed by atoms with Gasteiger partial charge in [-0.2, -0.15) is 0 Å². The largest absolute Gasteiger partial charge is 0.288 e. The van der Waals surface area contributed by atoms with E-state index in [-0.39, 0.29) is 0 Å². The smallest absolute Gasteiger partial charge is 0.112 e. The first-order valence-corrected chi connectivity index (χ1v) is 8.65. The maximum Gasteiger partial charge on any atom is 0.112 e. The molecule has 0 aliphatic rings. The van der Waals surface area contributed by atoms with E-state index in [2.05, 4.69) is 69.9 Å². The van der Waals surface area contributed by atoms with Gasteiger partial charge in [0.1, 0.15) is 6.54 Å². The van der Waals surface area contributed by atoms with Gasteiger partial charge in [-0.25, -0.2) is 0 Å². The molecule has 0 radical (unpaired) electrons. The van der Waals surface area contributed by atoms with Crippen LogP contribution in [0.15, 0.2) is 30.3 Å². The predicted octanol–water partition coefficient (Wildman–Crippen LogP) is 2.48. The van der Waals surface area contributed by atoms with E-state index in [9.17, 15) is 0 Å². The molecule has 1 atom stereocenters. The van der Waals surface area contributed by atoms with Crippen LogP contribution in [0.25, 0.3) is 0 Å². The minimum Gasteiger partial charge on any atom is -0.288 e. The molecule has 0 amide bonds. The molecule has 0 aliphatic heterocycles. The van der Waals surface area contributed by atoms with Crippen molar-refractivity contribution in [3.8, 4) is 0 Å². The molecular formula is C14H26NS+. The Morgan fingerprint density at radius 3 is 1.88 bits per heavy atom. The van der Waals surface area contributed by atoms with E-state index in [1.807, 2.05) is 0 Å². The second kappa shape index (κ2) is 4.80. The van der Waals surface area contributed by atoms with Crippen LogP contribution in [0.4, 0.5) is 0 Å². The normalized spacial score (nSPS) is 15.9. The molecule has 1 N–H and O–H groups in total. The lowest BCUT2D eigenvalue weighted by molar-refractivity contribution is -0.832. The average Bonchev–Trinajstić information content (AvgIpc) is 2.12. The van der Waals surface area contributed by atoms with Crippen LogP contribution in [-0.4, -0.2) is 24.3 Å². The van der Waals surface area contributed by atoms with Crippen LogP contribution in [0, 0.1) is 0 Å². The van der Waals surface area contributed by atoms with Crippen molar-refractivity contribution < 1.29 is 4.31 Å². The molecule has 0 aromatic heterocycles. The summed E-state index contributed by atoms with van der Waals surface area (Å²) in [5.74, 6) is 0. The van der Waals surface area contributed by atoms with Gasteiger partial charge < -0.3 is 0 Å². The highest BCUT2D eigenvalue weighted by Crippen LogP contribution is 2.26. The summed E-state index contributed by atoms with van der Waals surface area (Å²) in [6, 6.07) is 10.8. The Bertz CT molecular complexity index is 305. The Hall–Kier alpha value is -0.470. The molecule has 1 aromatic rings. The molecule has 0 aliphatic carbocycles. The van der Waals surface area contributed by atoms with E-state index < -0.39 is 10.2 Å². The van der Waals surface area contributed by atoms with Crippen molar-refractivity contribution in [2.24, 2.45) is 0 Å². The summed E-state index contributed by atoms with van der Waals surface area (Å²) in [6.45, 7) is 8.14. The van der Waals surface area contributed by atoms with Gasteiger partial charge in [-0.1, -0.05) is 30.3 Å². The third-order valence-corrected chi connectivity index (χ3v) is 5.02. The lowest BCUT2D eigenvalue weighted by Gasteiger charge is -2.45. The Labute approximate surface area is 102 Å². The van der Waals surface area contributed by atoms with Crippen LogP contribution >= 0.6 is 10.2 Å². The van der Waals surface area contributed by atoms with Gasteiger partial charge in [0.05, 0.1) is 5.54 Å². The van der Waals surface area contributed by atoms with Crippen LogP contribution in [0.1, 0.15) is 26.3 Å². The van der Waals surface area contributed by atoms with E-state index in [1.165, 1.54) is 5.56 Å². The Kier molecular flexibility index (Phi) is 4.08.